The van der Waals surface area contributed by atoms with E-state index >= 15 is 0 Å². The van der Waals surface area contributed by atoms with E-state index < -0.39 is 0 Å². The number of hydrogen-bond donors (Lipinski definition) is 2. The molecule has 0 unspecified atom stereocenters. The van der Waals surface area contributed by atoms with Crippen molar-refractivity contribution in [3.8, 4) is 0 Å². The molecule has 0 aromatic heterocycles. The van der Waals surface area contributed by atoms with Gasteiger partial charge in [-0.2, -0.15) is 0 Å². The number of carbonyl (C=O) groups excluding carboxylic acids is 1. The molecule has 3 nitrogen and oxygen atoms in total. The monoisotopic (exact) mass is 218 g/mol. The van der Waals surface area contributed by atoms with Crippen LogP contribution in [-0.4, -0.2) is 19.0 Å². The van der Waals surface area contributed by atoms with Crippen LogP contribution in [-0.2, 0) is 13.0 Å². The number of amides is 1. The Morgan fingerprint density at radius 3 is 3.12 bits per heavy atom. The third-order valence-electron chi connectivity index (χ3n) is 2.85. The summed E-state index contributed by atoms with van der Waals surface area (Å²) in [5.41, 5.74) is 3.20. The number of benzene rings is 1. The fourth-order valence-electron chi connectivity index (χ4n) is 1.98. The Bertz CT molecular complexity index is 388. The Hall–Kier alpha value is -1.35. The van der Waals surface area contributed by atoms with E-state index in [1.165, 1.54) is 11.1 Å². The highest BCUT2D eigenvalue weighted by Gasteiger charge is 2.16. The van der Waals surface area contributed by atoms with Crippen LogP contribution < -0.4 is 10.6 Å². The molecule has 16 heavy (non-hydrogen) atoms. The van der Waals surface area contributed by atoms with Crippen molar-refractivity contribution in [1.82, 2.24) is 10.6 Å². The van der Waals surface area contributed by atoms with Gasteiger partial charge in [-0.3, -0.25) is 4.79 Å². The normalized spacial score (nSPS) is 14.4. The topological polar surface area (TPSA) is 41.1 Å². The molecule has 2 rings (SSSR count). The summed E-state index contributed by atoms with van der Waals surface area (Å²) < 4.78 is 0. The van der Waals surface area contributed by atoms with Crippen molar-refractivity contribution in [2.45, 2.75) is 26.3 Å². The summed E-state index contributed by atoms with van der Waals surface area (Å²) in [5.74, 6) is 0.0681. The second kappa shape index (κ2) is 5.12. The van der Waals surface area contributed by atoms with Crippen LogP contribution in [0.4, 0.5) is 0 Å². The Morgan fingerprint density at radius 2 is 2.31 bits per heavy atom. The van der Waals surface area contributed by atoms with E-state index in [9.17, 15) is 4.79 Å². The van der Waals surface area contributed by atoms with Crippen molar-refractivity contribution >= 4 is 5.91 Å². The van der Waals surface area contributed by atoms with Crippen molar-refractivity contribution in [1.29, 1.82) is 0 Å². The summed E-state index contributed by atoms with van der Waals surface area (Å²) in [7, 11) is 0. The highest BCUT2D eigenvalue weighted by molar-refractivity contribution is 5.96. The predicted octanol–water partition coefficient (Wildman–Crippen LogP) is 1.47. The largest absolute Gasteiger partial charge is 0.352 e. The molecule has 1 amide bonds. The van der Waals surface area contributed by atoms with E-state index in [2.05, 4.69) is 29.7 Å². The maximum Gasteiger partial charge on any atom is 0.251 e. The number of carbonyl (C=O) groups is 1. The van der Waals surface area contributed by atoms with Crippen LogP contribution >= 0.6 is 0 Å². The first-order valence-corrected chi connectivity index (χ1v) is 5.92. The van der Waals surface area contributed by atoms with Crippen LogP contribution in [0, 0.1) is 0 Å². The second-order valence-electron chi connectivity index (χ2n) is 4.17. The molecule has 0 aliphatic carbocycles. The molecule has 2 N–H and O–H groups in total. The summed E-state index contributed by atoms with van der Waals surface area (Å²) in [6.45, 7) is 4.77. The van der Waals surface area contributed by atoms with Gasteiger partial charge in [0.05, 0.1) is 0 Å². The molecule has 1 aromatic carbocycles. The van der Waals surface area contributed by atoms with Crippen LogP contribution in [0.15, 0.2) is 18.2 Å². The zero-order chi connectivity index (χ0) is 11.4. The maximum atomic E-state index is 11.6. The first kappa shape index (κ1) is 11.1. The highest BCUT2D eigenvalue weighted by atomic mass is 16.1. The Labute approximate surface area is 96.2 Å². The van der Waals surface area contributed by atoms with E-state index in [-0.39, 0.29) is 5.91 Å². The smallest absolute Gasteiger partial charge is 0.251 e. The van der Waals surface area contributed by atoms with Gasteiger partial charge in [-0.05, 0) is 36.6 Å². The SMILES string of the molecule is CCCNCc1ccc2c(c1)C(=O)NCC2. The van der Waals surface area contributed by atoms with Crippen molar-refractivity contribution in [2.75, 3.05) is 13.1 Å². The fourth-order valence-corrected chi connectivity index (χ4v) is 1.98. The zero-order valence-corrected chi connectivity index (χ0v) is 9.68. The Morgan fingerprint density at radius 1 is 1.44 bits per heavy atom. The van der Waals surface area contributed by atoms with Gasteiger partial charge in [-0.1, -0.05) is 19.1 Å². The Kier molecular flexibility index (Phi) is 3.57. The molecule has 0 saturated heterocycles. The quantitative estimate of drug-likeness (QED) is 0.751. The van der Waals surface area contributed by atoms with Crippen molar-refractivity contribution in [3.05, 3.63) is 34.9 Å². The average Bonchev–Trinajstić information content (AvgIpc) is 2.30. The zero-order valence-electron chi connectivity index (χ0n) is 9.68. The molecule has 0 bridgehead atoms. The lowest BCUT2D eigenvalue weighted by Crippen LogP contribution is -2.32. The molecule has 0 saturated carbocycles. The summed E-state index contributed by atoms with van der Waals surface area (Å²) in [4.78, 5) is 11.6. The minimum absolute atomic E-state index is 0.0681. The summed E-state index contributed by atoms with van der Waals surface area (Å²) in [6, 6.07) is 6.20. The van der Waals surface area contributed by atoms with E-state index in [0.29, 0.717) is 0 Å². The van der Waals surface area contributed by atoms with Gasteiger partial charge in [0.1, 0.15) is 0 Å². The second-order valence-corrected chi connectivity index (χ2v) is 4.17. The van der Waals surface area contributed by atoms with Crippen LogP contribution in [0.5, 0.6) is 0 Å². The molecule has 3 heteroatoms. The lowest BCUT2D eigenvalue weighted by atomic mass is 9.98. The van der Waals surface area contributed by atoms with Gasteiger partial charge in [0, 0.05) is 18.7 Å². The van der Waals surface area contributed by atoms with E-state index in [1.54, 1.807) is 0 Å². The fraction of sp³-hybridized carbons (Fsp3) is 0.462. The lowest BCUT2D eigenvalue weighted by molar-refractivity contribution is 0.0946. The van der Waals surface area contributed by atoms with Gasteiger partial charge < -0.3 is 10.6 Å². The molecular weight excluding hydrogens is 200 g/mol. The van der Waals surface area contributed by atoms with Gasteiger partial charge in [-0.15, -0.1) is 0 Å². The van der Waals surface area contributed by atoms with Gasteiger partial charge in [0.25, 0.3) is 5.91 Å². The van der Waals surface area contributed by atoms with Crippen LogP contribution in [0.1, 0.15) is 34.8 Å². The highest BCUT2D eigenvalue weighted by Crippen LogP contribution is 2.15. The summed E-state index contributed by atoms with van der Waals surface area (Å²) >= 11 is 0. The molecule has 1 aliphatic rings. The van der Waals surface area contributed by atoms with Crippen LogP contribution in [0.3, 0.4) is 0 Å². The predicted molar refractivity (Wildman–Crippen MR) is 64.5 cm³/mol. The number of rotatable bonds is 4. The molecule has 1 heterocycles. The maximum absolute atomic E-state index is 11.6. The van der Waals surface area contributed by atoms with Crippen LogP contribution in [0.25, 0.3) is 0 Å². The first-order valence-electron chi connectivity index (χ1n) is 5.92. The van der Waals surface area contributed by atoms with E-state index in [4.69, 9.17) is 0 Å². The molecule has 0 fully saturated rings. The van der Waals surface area contributed by atoms with Crippen LogP contribution in [0.2, 0.25) is 0 Å². The molecule has 1 aromatic rings. The van der Waals surface area contributed by atoms with Gasteiger partial charge in [0.15, 0.2) is 0 Å². The third-order valence-corrected chi connectivity index (χ3v) is 2.85. The standard InChI is InChI=1S/C13H18N2O/c1-2-6-14-9-10-3-4-11-5-7-15-13(16)12(11)8-10/h3-4,8,14H,2,5-7,9H2,1H3,(H,15,16). The average molecular weight is 218 g/mol. The Balaban J connectivity index is 2.11. The first-order chi connectivity index (χ1) is 7.81. The molecule has 1 aliphatic heterocycles. The number of fused-ring (bicyclic) bond motifs is 1. The van der Waals surface area contributed by atoms with Crippen molar-refractivity contribution in [2.24, 2.45) is 0 Å². The molecule has 0 atom stereocenters. The summed E-state index contributed by atoms with van der Waals surface area (Å²) in [6.07, 6.45) is 2.08. The number of hydrogen-bond acceptors (Lipinski definition) is 2. The molecule has 0 spiro atoms. The van der Waals surface area contributed by atoms with Gasteiger partial charge in [-0.25, -0.2) is 0 Å². The summed E-state index contributed by atoms with van der Waals surface area (Å²) in [5, 5.41) is 6.21. The third kappa shape index (κ3) is 2.42. The van der Waals surface area contributed by atoms with Crippen molar-refractivity contribution in [3.63, 3.8) is 0 Å². The minimum Gasteiger partial charge on any atom is -0.352 e. The van der Waals surface area contributed by atoms with E-state index in [0.717, 1.165) is 38.0 Å². The van der Waals surface area contributed by atoms with Gasteiger partial charge in [0.2, 0.25) is 0 Å². The lowest BCUT2D eigenvalue weighted by Gasteiger charge is -2.17. The van der Waals surface area contributed by atoms with Gasteiger partial charge >= 0.3 is 0 Å². The minimum atomic E-state index is 0.0681. The van der Waals surface area contributed by atoms with E-state index in [1.807, 2.05) is 6.07 Å². The molecular formula is C13H18N2O. The molecule has 86 valence electrons. The molecule has 0 radical (unpaired) electrons. The van der Waals surface area contributed by atoms with Crippen molar-refractivity contribution < 1.29 is 4.79 Å². The number of nitrogens with one attached hydrogen (secondary N) is 2.